The molecule has 6 heteroatoms. The van der Waals surface area contributed by atoms with Crippen LogP contribution < -0.4 is 5.73 Å². The molecule has 106 valence electrons. The number of hydrogen-bond donors (Lipinski definition) is 1. The number of likely N-dealkylation sites (tertiary alicyclic amines) is 1. The van der Waals surface area contributed by atoms with Crippen molar-refractivity contribution in [2.75, 3.05) is 39.4 Å². The number of piperidine rings is 1. The van der Waals surface area contributed by atoms with E-state index in [1.807, 2.05) is 9.80 Å². The Kier molecular flexibility index (Phi) is 6.18. The molecule has 18 heavy (non-hydrogen) atoms. The van der Waals surface area contributed by atoms with Crippen molar-refractivity contribution in [3.8, 4) is 0 Å². The highest BCUT2D eigenvalue weighted by Gasteiger charge is 2.33. The highest BCUT2D eigenvalue weighted by Crippen LogP contribution is 2.23. The lowest BCUT2D eigenvalue weighted by Crippen LogP contribution is -2.57. The third-order valence-electron chi connectivity index (χ3n) is 3.88. The van der Waals surface area contributed by atoms with Gasteiger partial charge in [-0.15, -0.1) is 12.4 Å². The van der Waals surface area contributed by atoms with Gasteiger partial charge in [-0.25, -0.2) is 4.79 Å². The number of ether oxygens (including phenoxy) is 1. The second-order valence-electron chi connectivity index (χ2n) is 5.00. The Morgan fingerprint density at radius 1 is 1.33 bits per heavy atom. The quantitative estimate of drug-likeness (QED) is 0.775. The minimum atomic E-state index is 0. The summed E-state index contributed by atoms with van der Waals surface area (Å²) in [6, 6.07) is 0.356. The number of hydrogen-bond acceptors (Lipinski definition) is 3. The van der Waals surface area contributed by atoms with Gasteiger partial charge >= 0.3 is 6.03 Å². The second kappa shape index (κ2) is 7.16. The Bertz CT molecular complexity index is 272. The smallest absolute Gasteiger partial charge is 0.320 e. The summed E-state index contributed by atoms with van der Waals surface area (Å²) in [6.07, 6.45) is 2.27. The number of halogens is 1. The molecule has 2 heterocycles. The van der Waals surface area contributed by atoms with Crippen molar-refractivity contribution in [2.24, 2.45) is 11.7 Å². The summed E-state index contributed by atoms with van der Waals surface area (Å²) in [5, 5.41) is 0. The maximum atomic E-state index is 12.4. The van der Waals surface area contributed by atoms with E-state index in [9.17, 15) is 4.79 Å². The van der Waals surface area contributed by atoms with Gasteiger partial charge in [0, 0.05) is 32.2 Å². The van der Waals surface area contributed by atoms with E-state index in [0.717, 1.165) is 13.0 Å². The van der Waals surface area contributed by atoms with Crippen LogP contribution in [0.1, 0.15) is 19.8 Å². The van der Waals surface area contributed by atoms with E-state index in [-0.39, 0.29) is 24.5 Å². The molecule has 0 aliphatic carbocycles. The van der Waals surface area contributed by atoms with Crippen molar-refractivity contribution in [3.63, 3.8) is 0 Å². The van der Waals surface area contributed by atoms with Gasteiger partial charge in [-0.1, -0.05) is 6.92 Å². The lowest BCUT2D eigenvalue weighted by Gasteiger charge is -2.42. The van der Waals surface area contributed by atoms with E-state index >= 15 is 0 Å². The minimum Gasteiger partial charge on any atom is -0.378 e. The number of nitrogens with zero attached hydrogens (tertiary/aromatic N) is 2. The normalized spacial score (nSPS) is 28.8. The number of nitrogens with two attached hydrogens (primary N) is 1. The molecule has 0 saturated carbocycles. The van der Waals surface area contributed by atoms with Crippen LogP contribution in [0.25, 0.3) is 0 Å². The molecule has 2 amide bonds. The largest absolute Gasteiger partial charge is 0.378 e. The minimum absolute atomic E-state index is 0. The molecule has 2 rings (SSSR count). The van der Waals surface area contributed by atoms with E-state index in [0.29, 0.717) is 38.8 Å². The molecule has 2 aliphatic rings. The fourth-order valence-corrected chi connectivity index (χ4v) is 2.78. The van der Waals surface area contributed by atoms with Crippen LogP contribution in [-0.4, -0.2) is 61.3 Å². The van der Waals surface area contributed by atoms with Crippen LogP contribution in [0.3, 0.4) is 0 Å². The van der Waals surface area contributed by atoms with Crippen LogP contribution in [0.15, 0.2) is 0 Å². The zero-order valence-electron chi connectivity index (χ0n) is 11.0. The molecule has 5 nitrogen and oxygen atoms in total. The van der Waals surface area contributed by atoms with Crippen LogP contribution in [0.2, 0.25) is 0 Å². The van der Waals surface area contributed by atoms with Crippen molar-refractivity contribution < 1.29 is 9.53 Å². The molecule has 2 atom stereocenters. The summed E-state index contributed by atoms with van der Waals surface area (Å²) in [7, 11) is 0. The van der Waals surface area contributed by atoms with Gasteiger partial charge in [0.05, 0.1) is 13.2 Å². The predicted molar refractivity (Wildman–Crippen MR) is 73.0 cm³/mol. The van der Waals surface area contributed by atoms with Crippen molar-refractivity contribution in [3.05, 3.63) is 0 Å². The van der Waals surface area contributed by atoms with Crippen LogP contribution in [0.4, 0.5) is 4.79 Å². The molecule has 0 aromatic heterocycles. The van der Waals surface area contributed by atoms with Gasteiger partial charge in [0.1, 0.15) is 0 Å². The maximum Gasteiger partial charge on any atom is 0.320 e. The number of carbonyl (C=O) groups is 1. The summed E-state index contributed by atoms with van der Waals surface area (Å²) in [6.45, 7) is 6.34. The van der Waals surface area contributed by atoms with E-state index in [1.54, 1.807) is 0 Å². The lowest BCUT2D eigenvalue weighted by atomic mass is 9.91. The fourth-order valence-electron chi connectivity index (χ4n) is 2.78. The summed E-state index contributed by atoms with van der Waals surface area (Å²) in [5.41, 5.74) is 5.81. The number of amides is 2. The first kappa shape index (κ1) is 15.5. The molecule has 2 aliphatic heterocycles. The number of morpholine rings is 1. The van der Waals surface area contributed by atoms with E-state index < -0.39 is 0 Å². The standard InChI is InChI=1S/C12H23N3O2.ClH/c1-10-3-2-4-15(11(10)9-13)12(16)14-5-7-17-8-6-14;/h10-11H,2-9,13H2,1H3;1H. The van der Waals surface area contributed by atoms with Crippen molar-refractivity contribution >= 4 is 18.4 Å². The maximum absolute atomic E-state index is 12.4. The lowest BCUT2D eigenvalue weighted by molar-refractivity contribution is 0.0312. The Morgan fingerprint density at radius 3 is 2.61 bits per heavy atom. The molecule has 2 N–H and O–H groups in total. The number of carbonyl (C=O) groups excluding carboxylic acids is 1. The molecule has 0 bridgehead atoms. The fraction of sp³-hybridized carbons (Fsp3) is 0.917. The summed E-state index contributed by atoms with van der Waals surface area (Å²) in [4.78, 5) is 16.3. The molecule has 2 unspecified atom stereocenters. The van der Waals surface area contributed by atoms with Crippen LogP contribution >= 0.6 is 12.4 Å². The highest BCUT2D eigenvalue weighted by atomic mass is 35.5. The molecular formula is C12H24ClN3O2. The van der Waals surface area contributed by atoms with Gasteiger partial charge in [-0.05, 0) is 18.8 Å². The molecule has 2 saturated heterocycles. The third kappa shape index (κ3) is 3.28. The predicted octanol–water partition coefficient (Wildman–Crippen LogP) is 0.920. The zero-order chi connectivity index (χ0) is 12.3. The van der Waals surface area contributed by atoms with Gasteiger partial charge < -0.3 is 20.3 Å². The van der Waals surface area contributed by atoms with Crippen molar-refractivity contribution in [2.45, 2.75) is 25.8 Å². The van der Waals surface area contributed by atoms with Gasteiger partial charge in [0.2, 0.25) is 0 Å². The SMILES string of the molecule is CC1CCCN(C(=O)N2CCOCC2)C1CN.Cl. The molecular weight excluding hydrogens is 254 g/mol. The van der Waals surface area contributed by atoms with Gasteiger partial charge in [-0.3, -0.25) is 0 Å². The van der Waals surface area contributed by atoms with Gasteiger partial charge in [-0.2, -0.15) is 0 Å². The van der Waals surface area contributed by atoms with E-state index in [2.05, 4.69) is 6.92 Å². The first-order chi connectivity index (χ1) is 8.24. The molecule has 2 fully saturated rings. The highest BCUT2D eigenvalue weighted by molar-refractivity contribution is 5.85. The summed E-state index contributed by atoms with van der Waals surface area (Å²) >= 11 is 0. The Labute approximate surface area is 115 Å². The average molecular weight is 278 g/mol. The monoisotopic (exact) mass is 277 g/mol. The molecule has 0 radical (unpaired) electrons. The topological polar surface area (TPSA) is 58.8 Å². The Hall–Kier alpha value is -0.520. The van der Waals surface area contributed by atoms with E-state index in [4.69, 9.17) is 10.5 Å². The summed E-state index contributed by atoms with van der Waals surface area (Å²) < 4.78 is 5.27. The van der Waals surface area contributed by atoms with Gasteiger partial charge in [0.25, 0.3) is 0 Å². The second-order valence-corrected chi connectivity index (χ2v) is 5.00. The van der Waals surface area contributed by atoms with Crippen molar-refractivity contribution in [1.29, 1.82) is 0 Å². The van der Waals surface area contributed by atoms with Gasteiger partial charge in [0.15, 0.2) is 0 Å². The van der Waals surface area contributed by atoms with Crippen LogP contribution in [0.5, 0.6) is 0 Å². The first-order valence-corrected chi connectivity index (χ1v) is 6.57. The summed E-state index contributed by atoms with van der Waals surface area (Å²) in [5.74, 6) is 0.513. The Morgan fingerprint density at radius 2 is 2.00 bits per heavy atom. The third-order valence-corrected chi connectivity index (χ3v) is 3.88. The zero-order valence-corrected chi connectivity index (χ0v) is 11.8. The number of rotatable bonds is 1. The van der Waals surface area contributed by atoms with E-state index in [1.165, 1.54) is 6.42 Å². The average Bonchev–Trinajstić information content (AvgIpc) is 2.38. The molecule has 0 aromatic carbocycles. The van der Waals surface area contributed by atoms with Crippen LogP contribution in [0, 0.1) is 5.92 Å². The Balaban J connectivity index is 0.00000162. The van der Waals surface area contributed by atoms with Crippen LogP contribution in [-0.2, 0) is 4.74 Å². The van der Waals surface area contributed by atoms with Crippen molar-refractivity contribution in [1.82, 2.24) is 9.80 Å². The molecule has 0 spiro atoms. The first-order valence-electron chi connectivity index (χ1n) is 6.57. The molecule has 0 aromatic rings. The number of urea groups is 1.